The molecule has 0 bridgehead atoms. The molecule has 1 saturated carbocycles. The van der Waals surface area contributed by atoms with Crippen molar-refractivity contribution in [1.82, 2.24) is 10.6 Å². The maximum atomic E-state index is 12.7. The van der Waals surface area contributed by atoms with Gasteiger partial charge in [-0.1, -0.05) is 13.8 Å². The number of aliphatic hydroxyl groups excluding tert-OH is 4. The van der Waals surface area contributed by atoms with E-state index in [-0.39, 0.29) is 37.6 Å². The van der Waals surface area contributed by atoms with Crippen LogP contribution in [0.5, 0.6) is 0 Å². The Morgan fingerprint density at radius 3 is 2.44 bits per heavy atom. The fourth-order valence-electron chi connectivity index (χ4n) is 5.71. The maximum absolute atomic E-state index is 12.7. The van der Waals surface area contributed by atoms with Gasteiger partial charge in [-0.2, -0.15) is 0 Å². The molecule has 6 unspecified atom stereocenters. The highest BCUT2D eigenvalue weighted by Gasteiger charge is 2.51. The van der Waals surface area contributed by atoms with Crippen molar-refractivity contribution in [2.45, 2.75) is 125 Å². The molecule has 0 radical (unpaired) electrons. The monoisotopic (exact) mass is 564 g/mol. The van der Waals surface area contributed by atoms with Crippen molar-refractivity contribution < 1.29 is 49.3 Å². The predicted molar refractivity (Wildman–Crippen MR) is 138 cm³/mol. The van der Waals surface area contributed by atoms with Gasteiger partial charge in [0.15, 0.2) is 18.7 Å². The zero-order chi connectivity index (χ0) is 29.1. The fourth-order valence-corrected chi connectivity index (χ4v) is 5.71. The van der Waals surface area contributed by atoms with Gasteiger partial charge in [-0.25, -0.2) is 0 Å². The van der Waals surface area contributed by atoms with Crippen LogP contribution in [0.25, 0.3) is 0 Å². The van der Waals surface area contributed by atoms with E-state index in [0.717, 1.165) is 12.8 Å². The molecule has 3 fully saturated rings. The summed E-state index contributed by atoms with van der Waals surface area (Å²) in [6.45, 7) is 4.86. The Kier molecular flexibility index (Phi) is 11.5. The lowest BCUT2D eigenvalue weighted by atomic mass is 9.79. The summed E-state index contributed by atoms with van der Waals surface area (Å²) < 4.78 is 24.0. The van der Waals surface area contributed by atoms with Gasteiger partial charge in [0.05, 0.1) is 36.9 Å². The molecule has 39 heavy (non-hydrogen) atoms. The number of likely N-dealkylation sites (N-methyl/N-ethyl adjacent to an activating group) is 1. The van der Waals surface area contributed by atoms with E-state index in [2.05, 4.69) is 10.6 Å². The average molecular weight is 565 g/mol. The number of hydrogen-bond acceptors (Lipinski definition) is 13. The first kappa shape index (κ1) is 32.5. The van der Waals surface area contributed by atoms with Crippen LogP contribution in [0.15, 0.2) is 0 Å². The van der Waals surface area contributed by atoms with Crippen LogP contribution < -0.4 is 22.1 Å². The molecule has 14 nitrogen and oxygen atoms in total. The van der Waals surface area contributed by atoms with Crippen molar-refractivity contribution >= 4 is 5.91 Å². The van der Waals surface area contributed by atoms with E-state index in [1.165, 1.54) is 6.92 Å². The molecule has 14 heteroatoms. The van der Waals surface area contributed by atoms with E-state index in [0.29, 0.717) is 6.42 Å². The Hall–Kier alpha value is -1.01. The van der Waals surface area contributed by atoms with Crippen molar-refractivity contribution in [3.05, 3.63) is 0 Å². The largest absolute Gasteiger partial charge is 0.389 e. The first-order valence-electron chi connectivity index (χ1n) is 13.8. The lowest BCUT2D eigenvalue weighted by Gasteiger charge is -2.49. The highest BCUT2D eigenvalue weighted by Crippen LogP contribution is 2.35. The van der Waals surface area contributed by atoms with E-state index in [9.17, 15) is 30.3 Å². The van der Waals surface area contributed by atoms with Crippen molar-refractivity contribution in [2.75, 3.05) is 20.2 Å². The number of nitrogens with one attached hydrogen (secondary N) is 2. The van der Waals surface area contributed by atoms with E-state index >= 15 is 0 Å². The molecule has 14 atom stereocenters. The second kappa shape index (κ2) is 13.8. The minimum absolute atomic E-state index is 0.0163. The van der Waals surface area contributed by atoms with Crippen LogP contribution in [-0.4, -0.2) is 131 Å². The van der Waals surface area contributed by atoms with E-state index in [1.54, 1.807) is 7.05 Å². The fraction of sp³-hybridized carbons (Fsp3) is 0.960. The molecular weight excluding hydrogens is 516 g/mol. The maximum Gasteiger partial charge on any atom is 0.251 e. The summed E-state index contributed by atoms with van der Waals surface area (Å²) in [5.74, 6) is -1.21. The van der Waals surface area contributed by atoms with E-state index in [4.69, 9.17) is 30.4 Å². The molecule has 2 aliphatic heterocycles. The minimum atomic E-state index is -1.79. The molecule has 2 saturated heterocycles. The summed E-state index contributed by atoms with van der Waals surface area (Å²) in [5, 5.41) is 58.6. The topological polar surface area (TPSA) is 231 Å². The van der Waals surface area contributed by atoms with Gasteiger partial charge in [0.25, 0.3) is 5.91 Å². The van der Waals surface area contributed by atoms with Gasteiger partial charge in [-0.3, -0.25) is 4.79 Å². The lowest BCUT2D eigenvalue weighted by molar-refractivity contribution is -0.311. The first-order valence-corrected chi connectivity index (χ1v) is 13.8. The number of hydrogen-bond donors (Lipinski definition) is 9. The zero-order valence-corrected chi connectivity index (χ0v) is 23.2. The second-order valence-electron chi connectivity index (χ2n) is 11.3. The predicted octanol–water partition coefficient (Wildman–Crippen LogP) is -3.38. The first-order chi connectivity index (χ1) is 18.3. The Labute approximate surface area is 229 Å². The average Bonchev–Trinajstić information content (AvgIpc) is 2.89. The van der Waals surface area contributed by atoms with Gasteiger partial charge in [0.1, 0.15) is 30.0 Å². The summed E-state index contributed by atoms with van der Waals surface area (Å²) in [5.41, 5.74) is 10.3. The van der Waals surface area contributed by atoms with Gasteiger partial charge in [-0.05, 0) is 45.6 Å². The number of carbonyl (C=O) groups excluding carboxylic acids is 1. The molecule has 11 N–H and O–H groups in total. The van der Waals surface area contributed by atoms with Crippen molar-refractivity contribution in [3.63, 3.8) is 0 Å². The molecule has 0 aromatic rings. The zero-order valence-electron chi connectivity index (χ0n) is 23.2. The Morgan fingerprint density at radius 2 is 1.82 bits per heavy atom. The third-order valence-electron chi connectivity index (χ3n) is 8.14. The number of rotatable bonds is 10. The third-order valence-corrected chi connectivity index (χ3v) is 8.14. The minimum Gasteiger partial charge on any atom is -0.389 e. The van der Waals surface area contributed by atoms with E-state index < -0.39 is 72.8 Å². The van der Waals surface area contributed by atoms with Crippen LogP contribution in [0.2, 0.25) is 0 Å². The summed E-state index contributed by atoms with van der Waals surface area (Å²) in [4.78, 5) is 12.7. The summed E-state index contributed by atoms with van der Waals surface area (Å²) >= 11 is 0. The van der Waals surface area contributed by atoms with Gasteiger partial charge in [0, 0.05) is 6.54 Å². The third kappa shape index (κ3) is 7.45. The summed E-state index contributed by atoms with van der Waals surface area (Å²) in [6, 6.07) is -2.06. The second-order valence-corrected chi connectivity index (χ2v) is 11.3. The number of carbonyl (C=O) groups is 1. The highest BCUT2D eigenvalue weighted by molar-refractivity contribution is 5.81. The number of amides is 1. The van der Waals surface area contributed by atoms with Crippen molar-refractivity contribution in [1.29, 1.82) is 0 Å². The smallest absolute Gasteiger partial charge is 0.251 e. The molecule has 1 aliphatic carbocycles. The van der Waals surface area contributed by atoms with Crippen LogP contribution in [0.1, 0.15) is 46.5 Å². The van der Waals surface area contributed by atoms with Gasteiger partial charge >= 0.3 is 0 Å². The van der Waals surface area contributed by atoms with Crippen molar-refractivity contribution in [3.8, 4) is 0 Å². The van der Waals surface area contributed by atoms with Crippen LogP contribution in [0.4, 0.5) is 0 Å². The normalized spacial score (nSPS) is 44.9. The molecule has 3 aliphatic rings. The molecule has 1 amide bonds. The van der Waals surface area contributed by atoms with Crippen molar-refractivity contribution in [2.24, 2.45) is 17.4 Å². The quantitative estimate of drug-likeness (QED) is 0.126. The number of ether oxygens (including phenoxy) is 4. The van der Waals surface area contributed by atoms with Crippen LogP contribution in [0, 0.1) is 5.92 Å². The molecule has 0 spiro atoms. The van der Waals surface area contributed by atoms with Crippen LogP contribution in [0.3, 0.4) is 0 Å². The van der Waals surface area contributed by atoms with Gasteiger partial charge in [-0.15, -0.1) is 0 Å². The van der Waals surface area contributed by atoms with Gasteiger partial charge < -0.3 is 66.6 Å². The molecule has 3 rings (SSSR count). The SMILES string of the molecule is CC[C@@H]1CCC(N)[C@@H](OC2C(O)C(O[C@H]3OCC(C)(O)[C@H](NC)C3O)[C@H](NC(=O)[C@@H](O)[C@@H](O)CN)C[C@@H]2C)O1. The molecule has 2 heterocycles. The van der Waals surface area contributed by atoms with E-state index in [1.807, 2.05) is 13.8 Å². The Balaban J connectivity index is 1.83. The molecule has 0 aromatic carbocycles. The van der Waals surface area contributed by atoms with Crippen LogP contribution >= 0.6 is 0 Å². The summed E-state index contributed by atoms with van der Waals surface area (Å²) in [6.07, 6.45) is -7.40. The molecule has 228 valence electrons. The standard InChI is InChI=1S/C25H48N4O10/c1-5-12-6-7-13(27)23(37-12)38-19-11(2)8-14(29-22(34)16(31)15(30)9-26)20(17(19)32)39-24-18(33)21(28-4)25(3,35)10-36-24/h11-21,23-24,28,30-33,35H,5-10,26-27H2,1-4H3,(H,29,34)/t11-,12+,13?,14+,15-,16-,17?,18?,19?,20?,21+,23+,24+,25?/m0/s1. The highest BCUT2D eigenvalue weighted by atomic mass is 16.7. The molecular formula is C25H48N4O10. The lowest BCUT2D eigenvalue weighted by Crippen LogP contribution is -2.68. The number of nitrogens with two attached hydrogens (primary N) is 2. The van der Waals surface area contributed by atoms with Gasteiger partial charge in [0.2, 0.25) is 0 Å². The summed E-state index contributed by atoms with van der Waals surface area (Å²) in [7, 11) is 1.58. The van der Waals surface area contributed by atoms with Crippen LogP contribution in [-0.2, 0) is 23.7 Å². The Morgan fingerprint density at radius 1 is 1.15 bits per heavy atom. The number of aliphatic hydroxyl groups is 5. The molecule has 0 aromatic heterocycles. The Bertz CT molecular complexity index is 794.